The van der Waals surface area contributed by atoms with Crippen molar-refractivity contribution in [1.29, 1.82) is 0 Å². The zero-order valence-electron chi connectivity index (χ0n) is 12.7. The molecule has 0 radical (unpaired) electrons. The smallest absolute Gasteiger partial charge is 0.289 e. The highest BCUT2D eigenvalue weighted by molar-refractivity contribution is 7.89. The van der Waals surface area contributed by atoms with E-state index >= 15 is 0 Å². The molecule has 2 aromatic rings. The molecule has 9 heteroatoms. The SMILES string of the molecule is CNS(=O)(=O)c1ccc(C(=O)N2CCC[C@@H](n3cccn3)C2)o1. The van der Waals surface area contributed by atoms with Crippen LogP contribution in [0.5, 0.6) is 0 Å². The standard InChI is InChI=1S/C14H18N4O4S/c1-15-23(20,21)13-6-5-12(22-13)14(19)17-8-2-4-11(10-17)18-9-3-7-16-18/h3,5-7,9,11,15H,2,4,8,10H2,1H3/t11-/m1/s1. The molecule has 0 saturated carbocycles. The minimum atomic E-state index is -3.69. The fourth-order valence-corrected chi connectivity index (χ4v) is 3.34. The summed E-state index contributed by atoms with van der Waals surface area (Å²) < 4.78 is 32.6. The van der Waals surface area contributed by atoms with Crippen molar-refractivity contribution in [3.8, 4) is 0 Å². The molecule has 1 saturated heterocycles. The van der Waals surface area contributed by atoms with Gasteiger partial charge in [0, 0.05) is 25.5 Å². The van der Waals surface area contributed by atoms with Gasteiger partial charge in [-0.3, -0.25) is 9.48 Å². The molecule has 0 unspecified atom stereocenters. The number of piperidine rings is 1. The van der Waals surface area contributed by atoms with Crippen LogP contribution in [-0.2, 0) is 10.0 Å². The van der Waals surface area contributed by atoms with E-state index in [4.69, 9.17) is 4.42 Å². The van der Waals surface area contributed by atoms with Gasteiger partial charge in [-0.15, -0.1) is 0 Å². The van der Waals surface area contributed by atoms with Gasteiger partial charge in [0.25, 0.3) is 15.9 Å². The van der Waals surface area contributed by atoms with Crippen LogP contribution in [0, 0.1) is 0 Å². The predicted molar refractivity (Wildman–Crippen MR) is 81.4 cm³/mol. The van der Waals surface area contributed by atoms with Crippen LogP contribution in [0.25, 0.3) is 0 Å². The van der Waals surface area contributed by atoms with Crippen LogP contribution >= 0.6 is 0 Å². The Morgan fingerprint density at radius 2 is 2.26 bits per heavy atom. The number of nitrogens with zero attached hydrogens (tertiary/aromatic N) is 3. The van der Waals surface area contributed by atoms with Crippen molar-refractivity contribution in [3.05, 3.63) is 36.4 Å². The van der Waals surface area contributed by atoms with E-state index in [1.165, 1.54) is 19.2 Å². The Labute approximate surface area is 134 Å². The van der Waals surface area contributed by atoms with Crippen molar-refractivity contribution in [3.63, 3.8) is 0 Å². The number of aromatic nitrogens is 2. The van der Waals surface area contributed by atoms with Gasteiger partial charge in [0.1, 0.15) is 0 Å². The van der Waals surface area contributed by atoms with Crippen LogP contribution < -0.4 is 4.72 Å². The zero-order chi connectivity index (χ0) is 16.4. The number of sulfonamides is 1. The van der Waals surface area contributed by atoms with E-state index in [0.717, 1.165) is 12.8 Å². The van der Waals surface area contributed by atoms with E-state index < -0.39 is 10.0 Å². The average Bonchev–Trinajstić information content (AvgIpc) is 3.26. The Kier molecular flexibility index (Phi) is 4.22. The van der Waals surface area contributed by atoms with Gasteiger partial charge in [0.05, 0.1) is 6.04 Å². The molecule has 1 amide bonds. The molecule has 1 N–H and O–H groups in total. The molecule has 2 aromatic heterocycles. The molecule has 23 heavy (non-hydrogen) atoms. The summed E-state index contributed by atoms with van der Waals surface area (Å²) in [6, 6.07) is 4.65. The fourth-order valence-electron chi connectivity index (χ4n) is 2.69. The van der Waals surface area contributed by atoms with Crippen LogP contribution in [0.3, 0.4) is 0 Å². The fraction of sp³-hybridized carbons (Fsp3) is 0.429. The van der Waals surface area contributed by atoms with E-state index in [1.54, 1.807) is 11.1 Å². The molecule has 1 atom stereocenters. The van der Waals surface area contributed by atoms with Gasteiger partial charge in [-0.2, -0.15) is 5.10 Å². The highest BCUT2D eigenvalue weighted by atomic mass is 32.2. The van der Waals surface area contributed by atoms with E-state index in [-0.39, 0.29) is 22.8 Å². The maximum absolute atomic E-state index is 12.5. The number of amides is 1. The summed E-state index contributed by atoms with van der Waals surface area (Å²) >= 11 is 0. The minimum absolute atomic E-state index is 0.0277. The first-order chi connectivity index (χ1) is 11.0. The summed E-state index contributed by atoms with van der Waals surface area (Å²) in [5.41, 5.74) is 0. The average molecular weight is 338 g/mol. The summed E-state index contributed by atoms with van der Waals surface area (Å²) in [4.78, 5) is 14.2. The Morgan fingerprint density at radius 3 is 2.96 bits per heavy atom. The van der Waals surface area contributed by atoms with Crippen molar-refractivity contribution in [2.45, 2.75) is 24.0 Å². The lowest BCUT2D eigenvalue weighted by Crippen LogP contribution is -2.40. The molecule has 3 rings (SSSR count). The topological polar surface area (TPSA) is 97.4 Å². The largest absolute Gasteiger partial charge is 0.438 e. The van der Waals surface area contributed by atoms with E-state index in [0.29, 0.717) is 13.1 Å². The summed E-state index contributed by atoms with van der Waals surface area (Å²) in [6.07, 6.45) is 5.40. The molecule has 1 fully saturated rings. The zero-order valence-corrected chi connectivity index (χ0v) is 13.5. The summed E-state index contributed by atoms with van der Waals surface area (Å²) in [5.74, 6) is -0.278. The number of hydrogen-bond acceptors (Lipinski definition) is 5. The maximum Gasteiger partial charge on any atom is 0.289 e. The van der Waals surface area contributed by atoms with Crippen molar-refractivity contribution >= 4 is 15.9 Å². The van der Waals surface area contributed by atoms with Crippen molar-refractivity contribution < 1.29 is 17.6 Å². The monoisotopic (exact) mass is 338 g/mol. The molecule has 0 spiro atoms. The molecule has 0 bridgehead atoms. The first-order valence-corrected chi connectivity index (χ1v) is 8.81. The minimum Gasteiger partial charge on any atom is -0.438 e. The summed E-state index contributed by atoms with van der Waals surface area (Å²) in [7, 11) is -2.40. The third-order valence-electron chi connectivity index (χ3n) is 3.91. The highest BCUT2D eigenvalue weighted by Gasteiger charge is 2.28. The molecule has 0 aliphatic carbocycles. The van der Waals surface area contributed by atoms with Gasteiger partial charge in [0.15, 0.2) is 5.76 Å². The Morgan fingerprint density at radius 1 is 1.43 bits per heavy atom. The highest BCUT2D eigenvalue weighted by Crippen LogP contribution is 2.23. The maximum atomic E-state index is 12.5. The summed E-state index contributed by atoms with van der Waals surface area (Å²) in [5, 5.41) is 3.96. The van der Waals surface area contributed by atoms with E-state index in [9.17, 15) is 13.2 Å². The molecule has 0 aromatic carbocycles. The number of carbonyl (C=O) groups excluding carboxylic acids is 1. The van der Waals surface area contributed by atoms with Crippen LogP contribution in [0.1, 0.15) is 29.4 Å². The molecule has 8 nitrogen and oxygen atoms in total. The van der Waals surface area contributed by atoms with Crippen LogP contribution in [0.4, 0.5) is 0 Å². The van der Waals surface area contributed by atoms with Gasteiger partial charge in [-0.05, 0) is 38.1 Å². The van der Waals surface area contributed by atoms with Crippen LogP contribution in [0.2, 0.25) is 0 Å². The van der Waals surface area contributed by atoms with E-state index in [2.05, 4.69) is 9.82 Å². The lowest BCUT2D eigenvalue weighted by molar-refractivity contribution is 0.0635. The van der Waals surface area contributed by atoms with Gasteiger partial charge in [0.2, 0.25) is 5.09 Å². The van der Waals surface area contributed by atoms with E-state index in [1.807, 2.05) is 16.9 Å². The van der Waals surface area contributed by atoms with Crippen LogP contribution in [0.15, 0.2) is 40.1 Å². The van der Waals surface area contributed by atoms with Gasteiger partial charge < -0.3 is 9.32 Å². The van der Waals surface area contributed by atoms with Gasteiger partial charge >= 0.3 is 0 Å². The Balaban J connectivity index is 1.75. The molecule has 1 aliphatic rings. The molecule has 1 aliphatic heterocycles. The van der Waals surface area contributed by atoms with Crippen molar-refractivity contribution in [2.75, 3.05) is 20.1 Å². The number of carbonyl (C=O) groups is 1. The van der Waals surface area contributed by atoms with Crippen molar-refractivity contribution in [1.82, 2.24) is 19.4 Å². The summed E-state index contributed by atoms with van der Waals surface area (Å²) in [6.45, 7) is 1.14. The quantitative estimate of drug-likeness (QED) is 0.892. The number of likely N-dealkylation sites (tertiary alicyclic amines) is 1. The normalized spacial score (nSPS) is 19.0. The van der Waals surface area contributed by atoms with Gasteiger partial charge in [-0.25, -0.2) is 13.1 Å². The first-order valence-electron chi connectivity index (χ1n) is 7.33. The second-order valence-corrected chi connectivity index (χ2v) is 7.18. The Bertz CT molecular complexity index is 782. The lowest BCUT2D eigenvalue weighted by atomic mass is 10.1. The van der Waals surface area contributed by atoms with Crippen LogP contribution in [-0.4, -0.2) is 49.1 Å². The number of furan rings is 1. The Hall–Kier alpha value is -2.13. The van der Waals surface area contributed by atoms with Crippen molar-refractivity contribution in [2.24, 2.45) is 0 Å². The number of rotatable bonds is 4. The molecule has 124 valence electrons. The lowest BCUT2D eigenvalue weighted by Gasteiger charge is -2.32. The molecular formula is C14H18N4O4S. The first kappa shape index (κ1) is 15.8. The molecule has 3 heterocycles. The second-order valence-electron chi connectivity index (χ2n) is 5.36. The third kappa shape index (κ3) is 3.15. The molecular weight excluding hydrogens is 320 g/mol. The third-order valence-corrected chi connectivity index (χ3v) is 5.20. The second kappa shape index (κ2) is 6.17. The predicted octanol–water partition coefficient (Wildman–Crippen LogP) is 0.861. The number of nitrogens with one attached hydrogen (secondary N) is 1. The van der Waals surface area contributed by atoms with Gasteiger partial charge in [-0.1, -0.05) is 0 Å². The number of hydrogen-bond donors (Lipinski definition) is 1.